The Bertz CT molecular complexity index is 1280. The van der Waals surface area contributed by atoms with Crippen LogP contribution in [0.2, 0.25) is 0 Å². The molecule has 7 nitrogen and oxygen atoms in total. The molecule has 0 aliphatic heterocycles. The van der Waals surface area contributed by atoms with Gasteiger partial charge in [-0.3, -0.25) is 0 Å². The molecule has 0 amide bonds. The number of aryl methyl sites for hydroxylation is 2. The number of hydrogen-bond donors (Lipinski definition) is 2. The molecule has 2 aromatic carbocycles. The molecule has 0 spiro atoms. The molecule has 0 aliphatic rings. The summed E-state index contributed by atoms with van der Waals surface area (Å²) in [5.74, 6) is 1.42. The standard InChI is InChI=1S/C19H16N6O/c1-10-3-4-11(2)16-15(10)17-18(20-16)21-19-23-22-14(25(19)24-17)9-12-5-7-13(26)8-6-12/h3-8,26H,9H2,1-2H3,(H,20,21,23). The molecular formula is C19H16N6O. The van der Waals surface area contributed by atoms with E-state index in [1.807, 2.05) is 12.1 Å². The zero-order chi connectivity index (χ0) is 17.8. The minimum Gasteiger partial charge on any atom is -0.508 e. The SMILES string of the molecule is Cc1ccc(C)c2c1[nH]c1nc3nnc(Cc4ccc(O)cc4)n3nc12. The highest BCUT2D eigenvalue weighted by Crippen LogP contribution is 2.28. The van der Waals surface area contributed by atoms with Gasteiger partial charge in [0.1, 0.15) is 11.3 Å². The first-order valence-electron chi connectivity index (χ1n) is 8.38. The quantitative estimate of drug-likeness (QED) is 0.513. The lowest BCUT2D eigenvalue weighted by Gasteiger charge is -2.01. The fourth-order valence-electron chi connectivity index (χ4n) is 3.33. The van der Waals surface area contributed by atoms with Crippen molar-refractivity contribution in [2.75, 3.05) is 0 Å². The summed E-state index contributed by atoms with van der Waals surface area (Å²) in [6.45, 7) is 4.14. The van der Waals surface area contributed by atoms with Crippen LogP contribution in [-0.2, 0) is 6.42 Å². The number of fused-ring (bicyclic) bond motifs is 4. The average Bonchev–Trinajstić information content (AvgIpc) is 3.20. The topological polar surface area (TPSA) is 92.0 Å². The van der Waals surface area contributed by atoms with E-state index in [-0.39, 0.29) is 5.75 Å². The van der Waals surface area contributed by atoms with Crippen LogP contribution in [0.25, 0.3) is 27.8 Å². The summed E-state index contributed by atoms with van der Waals surface area (Å²) < 4.78 is 1.70. The van der Waals surface area contributed by atoms with Crippen LogP contribution in [0.15, 0.2) is 36.4 Å². The number of aromatic hydroxyl groups is 1. The summed E-state index contributed by atoms with van der Waals surface area (Å²) in [6.07, 6.45) is 0.558. The van der Waals surface area contributed by atoms with Crippen molar-refractivity contribution >= 4 is 27.8 Å². The van der Waals surface area contributed by atoms with Crippen molar-refractivity contribution in [1.82, 2.24) is 29.8 Å². The predicted octanol–water partition coefficient (Wildman–Crippen LogP) is 3.07. The third-order valence-corrected chi connectivity index (χ3v) is 4.73. The van der Waals surface area contributed by atoms with Gasteiger partial charge in [0.05, 0.1) is 5.52 Å². The summed E-state index contributed by atoms with van der Waals surface area (Å²) in [5.41, 5.74) is 5.92. The van der Waals surface area contributed by atoms with Crippen LogP contribution < -0.4 is 0 Å². The van der Waals surface area contributed by atoms with E-state index in [1.165, 1.54) is 0 Å². The van der Waals surface area contributed by atoms with Gasteiger partial charge in [-0.2, -0.15) is 14.6 Å². The molecular weight excluding hydrogens is 328 g/mol. The van der Waals surface area contributed by atoms with E-state index in [2.05, 4.69) is 46.1 Å². The maximum Gasteiger partial charge on any atom is 0.273 e. The van der Waals surface area contributed by atoms with Gasteiger partial charge in [0, 0.05) is 11.8 Å². The first-order chi connectivity index (χ1) is 12.6. The molecule has 3 aromatic heterocycles. The normalized spacial score (nSPS) is 11.8. The number of rotatable bonds is 2. The van der Waals surface area contributed by atoms with Crippen molar-refractivity contribution in [2.24, 2.45) is 0 Å². The third-order valence-electron chi connectivity index (χ3n) is 4.73. The number of aromatic nitrogens is 6. The molecule has 0 bridgehead atoms. The molecule has 128 valence electrons. The van der Waals surface area contributed by atoms with E-state index in [1.54, 1.807) is 16.6 Å². The van der Waals surface area contributed by atoms with Crippen molar-refractivity contribution in [1.29, 1.82) is 0 Å². The molecule has 3 heterocycles. The molecule has 0 unspecified atom stereocenters. The van der Waals surface area contributed by atoms with Crippen LogP contribution in [0.3, 0.4) is 0 Å². The molecule has 2 N–H and O–H groups in total. The van der Waals surface area contributed by atoms with Crippen LogP contribution in [-0.4, -0.2) is 34.9 Å². The summed E-state index contributed by atoms with van der Waals surface area (Å²) in [5, 5.41) is 23.7. The number of benzene rings is 2. The highest BCUT2D eigenvalue weighted by Gasteiger charge is 2.16. The number of nitrogens with one attached hydrogen (secondary N) is 1. The number of nitrogens with zero attached hydrogens (tertiary/aromatic N) is 5. The van der Waals surface area contributed by atoms with Gasteiger partial charge in [-0.05, 0) is 42.7 Å². The lowest BCUT2D eigenvalue weighted by molar-refractivity contribution is 0.475. The van der Waals surface area contributed by atoms with Crippen LogP contribution in [0, 0.1) is 13.8 Å². The van der Waals surface area contributed by atoms with Gasteiger partial charge in [0.25, 0.3) is 5.78 Å². The summed E-state index contributed by atoms with van der Waals surface area (Å²) >= 11 is 0. The Morgan fingerprint density at radius 1 is 1.00 bits per heavy atom. The van der Waals surface area contributed by atoms with Crippen LogP contribution in [0.1, 0.15) is 22.5 Å². The predicted molar refractivity (Wildman–Crippen MR) is 98.3 cm³/mol. The van der Waals surface area contributed by atoms with Gasteiger partial charge in [-0.25, -0.2) is 0 Å². The number of phenols is 1. The first kappa shape index (κ1) is 14.8. The van der Waals surface area contributed by atoms with E-state index in [0.29, 0.717) is 23.7 Å². The van der Waals surface area contributed by atoms with Crippen LogP contribution in [0.4, 0.5) is 0 Å². The summed E-state index contributed by atoms with van der Waals surface area (Å²) in [4.78, 5) is 7.97. The Morgan fingerprint density at radius 3 is 2.58 bits per heavy atom. The van der Waals surface area contributed by atoms with Gasteiger partial charge < -0.3 is 10.1 Å². The lowest BCUT2D eigenvalue weighted by Crippen LogP contribution is -2.01. The molecule has 0 fully saturated rings. The smallest absolute Gasteiger partial charge is 0.273 e. The molecule has 0 radical (unpaired) electrons. The van der Waals surface area contributed by atoms with Crippen LogP contribution >= 0.6 is 0 Å². The number of aromatic amines is 1. The second kappa shape index (κ2) is 5.26. The highest BCUT2D eigenvalue weighted by atomic mass is 16.3. The van der Waals surface area contributed by atoms with Crippen LogP contribution in [0.5, 0.6) is 5.75 Å². The minimum atomic E-state index is 0.242. The largest absolute Gasteiger partial charge is 0.508 e. The van der Waals surface area contributed by atoms with Gasteiger partial charge in [-0.1, -0.05) is 24.3 Å². The molecule has 5 aromatic rings. The van der Waals surface area contributed by atoms with Crippen molar-refractivity contribution < 1.29 is 5.11 Å². The zero-order valence-corrected chi connectivity index (χ0v) is 14.4. The molecule has 26 heavy (non-hydrogen) atoms. The summed E-state index contributed by atoms with van der Waals surface area (Å²) in [6, 6.07) is 11.2. The highest BCUT2D eigenvalue weighted by molar-refractivity contribution is 6.06. The third kappa shape index (κ3) is 2.13. The second-order valence-corrected chi connectivity index (χ2v) is 6.55. The van der Waals surface area contributed by atoms with Crippen molar-refractivity contribution in [3.8, 4) is 5.75 Å². The molecule has 0 atom stereocenters. The zero-order valence-electron chi connectivity index (χ0n) is 14.4. The Morgan fingerprint density at radius 2 is 1.77 bits per heavy atom. The number of phenolic OH excluding ortho intramolecular Hbond substituents is 1. The molecule has 7 heteroatoms. The molecule has 0 aliphatic carbocycles. The number of H-pyrrole nitrogens is 1. The minimum absolute atomic E-state index is 0.242. The van der Waals surface area contributed by atoms with Crippen molar-refractivity contribution in [3.05, 3.63) is 58.9 Å². The Labute approximate surface area is 148 Å². The van der Waals surface area contributed by atoms with E-state index in [0.717, 1.165) is 33.1 Å². The Hall–Kier alpha value is -3.48. The van der Waals surface area contributed by atoms with Crippen molar-refractivity contribution in [2.45, 2.75) is 20.3 Å². The van der Waals surface area contributed by atoms with Crippen molar-refractivity contribution in [3.63, 3.8) is 0 Å². The number of hydrogen-bond acceptors (Lipinski definition) is 5. The first-order valence-corrected chi connectivity index (χ1v) is 8.38. The molecule has 0 saturated carbocycles. The van der Waals surface area contributed by atoms with E-state index in [9.17, 15) is 5.11 Å². The Kier molecular flexibility index (Phi) is 3.00. The fourth-order valence-corrected chi connectivity index (χ4v) is 3.33. The summed E-state index contributed by atoms with van der Waals surface area (Å²) in [7, 11) is 0. The fraction of sp³-hybridized carbons (Fsp3) is 0.158. The average molecular weight is 344 g/mol. The van der Waals surface area contributed by atoms with E-state index in [4.69, 9.17) is 5.10 Å². The lowest BCUT2D eigenvalue weighted by atomic mass is 10.1. The Balaban J connectivity index is 1.73. The second-order valence-electron chi connectivity index (χ2n) is 6.55. The van der Waals surface area contributed by atoms with Gasteiger partial charge >= 0.3 is 0 Å². The van der Waals surface area contributed by atoms with Gasteiger partial charge in [0.15, 0.2) is 11.5 Å². The van der Waals surface area contributed by atoms with E-state index < -0.39 is 0 Å². The molecule has 5 rings (SSSR count). The van der Waals surface area contributed by atoms with E-state index >= 15 is 0 Å². The maximum absolute atomic E-state index is 9.44. The maximum atomic E-state index is 9.44. The monoisotopic (exact) mass is 344 g/mol. The van der Waals surface area contributed by atoms with Gasteiger partial charge in [-0.15, -0.1) is 10.2 Å². The van der Waals surface area contributed by atoms with Gasteiger partial charge in [0.2, 0.25) is 0 Å². The molecule has 0 saturated heterocycles.